The molecule has 0 aliphatic carbocycles. The molecule has 3 aromatic carbocycles. The lowest BCUT2D eigenvalue weighted by atomic mass is 9.98. The van der Waals surface area contributed by atoms with Crippen LogP contribution in [0.5, 0.6) is 0 Å². The van der Waals surface area contributed by atoms with E-state index in [4.69, 9.17) is 9.26 Å². The van der Waals surface area contributed by atoms with E-state index in [1.54, 1.807) is 18.7 Å². The molecular formula is C34H42N4O5PS+. The maximum absolute atomic E-state index is 12.8. The summed E-state index contributed by atoms with van der Waals surface area (Å²) in [6.07, 6.45) is 0.527. The van der Waals surface area contributed by atoms with Gasteiger partial charge in [0.05, 0.1) is 18.6 Å². The van der Waals surface area contributed by atoms with Crippen molar-refractivity contribution in [2.75, 3.05) is 11.9 Å². The molecule has 1 unspecified atom stereocenters. The fourth-order valence-electron chi connectivity index (χ4n) is 6.43. The summed E-state index contributed by atoms with van der Waals surface area (Å²) in [4.78, 5) is 39.5. The lowest BCUT2D eigenvalue weighted by molar-refractivity contribution is -0.00675. The van der Waals surface area contributed by atoms with Gasteiger partial charge in [0.2, 0.25) is 0 Å². The first kappa shape index (κ1) is 33.3. The molecule has 238 valence electrons. The van der Waals surface area contributed by atoms with Gasteiger partial charge in [-0.05, 0) is 67.8 Å². The molecule has 2 heterocycles. The van der Waals surface area contributed by atoms with Gasteiger partial charge in [-0.2, -0.15) is 21.5 Å². The third-order valence-electron chi connectivity index (χ3n) is 8.29. The van der Waals surface area contributed by atoms with Gasteiger partial charge < -0.3 is 4.74 Å². The van der Waals surface area contributed by atoms with Crippen molar-refractivity contribution in [2.45, 2.75) is 83.7 Å². The summed E-state index contributed by atoms with van der Waals surface area (Å²) >= 11 is 1.72. The van der Waals surface area contributed by atoms with Crippen molar-refractivity contribution < 1.29 is 14.2 Å². The molecule has 9 nitrogen and oxygen atoms in total. The summed E-state index contributed by atoms with van der Waals surface area (Å²) in [5, 5.41) is 14.2. The van der Waals surface area contributed by atoms with Gasteiger partial charge in [-0.3, -0.25) is 14.3 Å². The largest absolute Gasteiger partial charge is 0.351 e. The van der Waals surface area contributed by atoms with E-state index in [1.807, 2.05) is 32.4 Å². The van der Waals surface area contributed by atoms with Gasteiger partial charge in [-0.1, -0.05) is 48.5 Å². The first-order valence-corrected chi connectivity index (χ1v) is 18.4. The number of ether oxygens (including phenoxy) is 1. The third-order valence-corrected chi connectivity index (χ3v) is 12.4. The van der Waals surface area contributed by atoms with Gasteiger partial charge in [0, 0.05) is 41.8 Å². The van der Waals surface area contributed by atoms with Crippen molar-refractivity contribution in [3.8, 4) is 6.07 Å². The number of aromatic amines is 1. The Labute approximate surface area is 268 Å². The highest BCUT2D eigenvalue weighted by molar-refractivity contribution is 7.98. The van der Waals surface area contributed by atoms with Crippen LogP contribution in [0.25, 0.3) is 21.5 Å². The standard InChI is InChI=1S/C34H41N4O5PS/c1-22(2)38(23(3)4)44(41,16-10-15-35)43-30-18-32(37-19-24(5)33(39)36-34(37)40)42-31(30)21-45-20-29-27-13-8-6-11-25(27)17-26-12-7-9-14-28(26)29/h6-9,11-14,17,19,22-23,30-32,41H,10,16,18,20-21H2,1-5H3/p+1/t30-,31+,32+,44?/m0/s1. The number of fused-ring (bicyclic) bond motifs is 2. The van der Waals surface area contributed by atoms with Crippen LogP contribution in [0.3, 0.4) is 0 Å². The zero-order chi connectivity index (χ0) is 32.3. The van der Waals surface area contributed by atoms with Crippen LogP contribution in [0.4, 0.5) is 0 Å². The highest BCUT2D eigenvalue weighted by Gasteiger charge is 2.53. The number of rotatable bonds is 12. The molecule has 5 rings (SSSR count). The Balaban J connectivity index is 1.46. The van der Waals surface area contributed by atoms with Crippen molar-refractivity contribution in [3.63, 3.8) is 0 Å². The second-order valence-electron chi connectivity index (χ2n) is 12.2. The molecule has 0 spiro atoms. The number of hydrogen-bond acceptors (Lipinski definition) is 8. The van der Waals surface area contributed by atoms with Gasteiger partial charge >= 0.3 is 13.6 Å². The van der Waals surface area contributed by atoms with Gasteiger partial charge in [-0.15, -0.1) is 4.67 Å². The van der Waals surface area contributed by atoms with E-state index in [0.717, 1.165) is 5.75 Å². The minimum Gasteiger partial charge on any atom is -0.351 e. The van der Waals surface area contributed by atoms with E-state index in [1.165, 1.54) is 37.9 Å². The summed E-state index contributed by atoms with van der Waals surface area (Å²) in [5.74, 6) is 1.28. The molecule has 0 amide bonds. The number of aromatic nitrogens is 2. The normalized spacial score (nSPS) is 20.0. The minimum absolute atomic E-state index is 0.0166. The molecule has 4 atom stereocenters. The van der Waals surface area contributed by atoms with E-state index in [-0.39, 0.29) is 24.7 Å². The van der Waals surface area contributed by atoms with Crippen LogP contribution in [0.1, 0.15) is 57.9 Å². The number of hydrogen-bond donors (Lipinski definition) is 2. The zero-order valence-corrected chi connectivity index (χ0v) is 28.2. The molecule has 45 heavy (non-hydrogen) atoms. The van der Waals surface area contributed by atoms with Gasteiger partial charge in [0.1, 0.15) is 18.5 Å². The van der Waals surface area contributed by atoms with E-state index < -0.39 is 37.6 Å². The van der Waals surface area contributed by atoms with Crippen molar-refractivity contribution in [1.29, 1.82) is 5.26 Å². The molecule has 11 heteroatoms. The molecule has 2 N–H and O–H groups in total. The molecule has 4 aromatic rings. The summed E-state index contributed by atoms with van der Waals surface area (Å²) in [7, 11) is -3.22. The van der Waals surface area contributed by atoms with Crippen LogP contribution in [0, 0.1) is 18.3 Å². The second-order valence-corrected chi connectivity index (χ2v) is 15.6. The van der Waals surface area contributed by atoms with E-state index in [0.29, 0.717) is 17.7 Å². The SMILES string of the molecule is Cc1cn([C@H]2C[C@H](O[P+](O)(CCC#N)N(C(C)C)C(C)C)[C@@H](CSCc3c4ccccc4cc4ccccc34)O2)c(=O)[nH]c1=O. The van der Waals surface area contributed by atoms with Crippen LogP contribution in [-0.4, -0.2) is 55.3 Å². The number of nitriles is 1. The smallest absolute Gasteiger partial charge is 0.347 e. The fraction of sp³-hybridized carbons (Fsp3) is 0.441. The zero-order valence-electron chi connectivity index (χ0n) is 26.5. The number of H-pyrrole nitrogens is 1. The number of benzene rings is 3. The molecule has 1 aliphatic heterocycles. The molecule has 1 aromatic heterocycles. The molecular weight excluding hydrogens is 607 g/mol. The fourth-order valence-corrected chi connectivity index (χ4v) is 10.5. The van der Waals surface area contributed by atoms with Crippen LogP contribution in [-0.2, 0) is 15.0 Å². The number of nitrogens with one attached hydrogen (secondary N) is 1. The Bertz CT molecular complexity index is 1760. The second kappa shape index (κ2) is 14.2. The minimum atomic E-state index is -3.22. The van der Waals surface area contributed by atoms with Gasteiger partial charge in [-0.25, -0.2) is 9.69 Å². The summed E-state index contributed by atoms with van der Waals surface area (Å²) in [6.45, 7) is 9.70. The molecule has 0 bridgehead atoms. The summed E-state index contributed by atoms with van der Waals surface area (Å²) < 4.78 is 16.6. The molecule has 1 aliphatic rings. The first-order chi connectivity index (χ1) is 21.5. The molecule has 0 radical (unpaired) electrons. The quantitative estimate of drug-likeness (QED) is 0.131. The topological polar surface area (TPSA) is 121 Å². The summed E-state index contributed by atoms with van der Waals surface area (Å²) in [6, 6.07) is 21.2. The maximum atomic E-state index is 12.8. The Kier molecular flexibility index (Phi) is 10.5. The molecule has 1 fully saturated rings. The molecule has 1 saturated heterocycles. The monoisotopic (exact) mass is 649 g/mol. The maximum Gasteiger partial charge on any atom is 0.347 e. The van der Waals surface area contributed by atoms with Crippen molar-refractivity contribution in [2.24, 2.45) is 0 Å². The Morgan fingerprint density at radius 1 is 1.11 bits per heavy atom. The molecule has 0 saturated carbocycles. The highest BCUT2D eigenvalue weighted by Crippen LogP contribution is 2.63. The van der Waals surface area contributed by atoms with Crippen LogP contribution < -0.4 is 11.2 Å². The van der Waals surface area contributed by atoms with Crippen LogP contribution in [0.15, 0.2) is 70.4 Å². The van der Waals surface area contributed by atoms with Crippen LogP contribution in [0.2, 0.25) is 0 Å². The van der Waals surface area contributed by atoms with Crippen molar-refractivity contribution in [1.82, 2.24) is 14.2 Å². The van der Waals surface area contributed by atoms with Crippen molar-refractivity contribution in [3.05, 3.63) is 92.8 Å². The van der Waals surface area contributed by atoms with Gasteiger partial charge in [0.25, 0.3) is 5.56 Å². The van der Waals surface area contributed by atoms with E-state index in [2.05, 4.69) is 65.7 Å². The van der Waals surface area contributed by atoms with E-state index >= 15 is 0 Å². The number of thioether (sulfide) groups is 1. The summed E-state index contributed by atoms with van der Waals surface area (Å²) in [5.41, 5.74) is 0.667. The number of aryl methyl sites for hydroxylation is 1. The Morgan fingerprint density at radius 2 is 1.73 bits per heavy atom. The number of nitrogens with zero attached hydrogens (tertiary/aromatic N) is 3. The Morgan fingerprint density at radius 3 is 2.33 bits per heavy atom. The predicted molar refractivity (Wildman–Crippen MR) is 183 cm³/mol. The highest BCUT2D eigenvalue weighted by atomic mass is 32.2. The third kappa shape index (κ3) is 7.20. The van der Waals surface area contributed by atoms with Crippen molar-refractivity contribution >= 4 is 41.2 Å². The lowest BCUT2D eigenvalue weighted by Crippen LogP contribution is -2.41. The van der Waals surface area contributed by atoms with Crippen LogP contribution >= 0.6 is 19.6 Å². The average molecular weight is 650 g/mol. The lowest BCUT2D eigenvalue weighted by Gasteiger charge is -2.36. The predicted octanol–water partition coefficient (Wildman–Crippen LogP) is 6.54. The van der Waals surface area contributed by atoms with Gasteiger partial charge in [0.15, 0.2) is 0 Å². The van der Waals surface area contributed by atoms with E-state index in [9.17, 15) is 19.7 Å². The Hall–Kier alpha value is -3.03. The average Bonchev–Trinajstić information content (AvgIpc) is 3.38. The first-order valence-electron chi connectivity index (χ1n) is 15.4.